The number of thiazole rings is 2. The number of H-pyrrole nitrogens is 1. The molecule has 5 aromatic heterocycles. The molecule has 0 radical (unpaired) electrons. The largest absolute Gasteiger partial charge is 0.347 e. The van der Waals surface area contributed by atoms with Crippen LogP contribution in [0.15, 0.2) is 90.2 Å². The zero-order valence-corrected chi connectivity index (χ0v) is 26.7. The molecule has 0 fully saturated rings. The zero-order chi connectivity index (χ0) is 30.0. The molecule has 0 aliphatic heterocycles. The fourth-order valence-corrected chi connectivity index (χ4v) is 6.21. The number of pyridine rings is 1. The van der Waals surface area contributed by atoms with E-state index in [-0.39, 0.29) is 41.7 Å². The summed E-state index contributed by atoms with van der Waals surface area (Å²) in [7, 11) is 0. The molecule has 0 bridgehead atoms. The summed E-state index contributed by atoms with van der Waals surface area (Å²) in [6.45, 7) is 3.88. The van der Waals surface area contributed by atoms with Crippen LogP contribution < -0.4 is 27.8 Å². The lowest BCUT2D eigenvalue weighted by atomic mass is 10.2. The fraction of sp³-hybridized carbons (Fsp3) is 0.143. The number of carbonyl (C=O) groups excluding carboxylic acids is 1. The Balaban J connectivity index is 0.000000272. The first-order valence-corrected chi connectivity index (χ1v) is 15.0. The van der Waals surface area contributed by atoms with Crippen molar-refractivity contribution in [2.75, 3.05) is 0 Å². The van der Waals surface area contributed by atoms with E-state index in [9.17, 15) is 24.0 Å². The van der Waals surface area contributed by atoms with E-state index in [2.05, 4.69) is 31.2 Å². The third-order valence-corrected chi connectivity index (χ3v) is 9.10. The van der Waals surface area contributed by atoms with E-state index < -0.39 is 5.69 Å². The van der Waals surface area contributed by atoms with Crippen molar-refractivity contribution >= 4 is 66.6 Å². The van der Waals surface area contributed by atoms with E-state index in [4.69, 9.17) is 0 Å². The monoisotopic (exact) mass is 702 g/mol. The second-order valence-electron chi connectivity index (χ2n) is 9.20. The zero-order valence-electron chi connectivity index (χ0n) is 22.7. The van der Waals surface area contributed by atoms with E-state index in [1.807, 2.05) is 36.4 Å². The number of rotatable bonds is 5. The third-order valence-electron chi connectivity index (χ3n) is 6.38. The number of nitrogens with zero attached hydrogens (tertiary/aromatic N) is 4. The molecule has 6 rings (SSSR count). The number of halogens is 2. The van der Waals surface area contributed by atoms with E-state index in [1.54, 1.807) is 37.8 Å². The average Bonchev–Trinajstić information content (AvgIpc) is 3.67. The quantitative estimate of drug-likeness (QED) is 0.281. The lowest BCUT2D eigenvalue weighted by Crippen LogP contribution is -2.38. The van der Waals surface area contributed by atoms with Gasteiger partial charge in [0.1, 0.15) is 14.5 Å². The van der Waals surface area contributed by atoms with Crippen LogP contribution in [0.4, 0.5) is 0 Å². The number of amides is 1. The van der Waals surface area contributed by atoms with Crippen LogP contribution in [0.5, 0.6) is 0 Å². The molecule has 0 aliphatic rings. The van der Waals surface area contributed by atoms with Gasteiger partial charge in [0.25, 0.3) is 17.0 Å². The van der Waals surface area contributed by atoms with Crippen LogP contribution in [0.2, 0.25) is 0 Å². The second kappa shape index (κ2) is 13.5. The summed E-state index contributed by atoms with van der Waals surface area (Å²) < 4.78 is 4.92. The van der Waals surface area contributed by atoms with Crippen molar-refractivity contribution in [3.8, 4) is 0 Å². The van der Waals surface area contributed by atoms with Gasteiger partial charge in [0, 0.05) is 52.3 Å². The summed E-state index contributed by atoms with van der Waals surface area (Å²) in [5, 5.41) is 4.60. The lowest BCUT2D eigenvalue weighted by Gasteiger charge is -2.07. The lowest BCUT2D eigenvalue weighted by molar-refractivity contribution is 0.0954. The Morgan fingerprint density at radius 3 is 2.35 bits per heavy atom. The first kappa shape index (κ1) is 31.8. The van der Waals surface area contributed by atoms with Gasteiger partial charge in [0.05, 0.1) is 6.54 Å². The molecule has 0 saturated heterocycles. The van der Waals surface area contributed by atoms with Gasteiger partial charge in [0.2, 0.25) is 0 Å². The maximum absolute atomic E-state index is 13.0. The minimum atomic E-state index is -0.465. The highest BCUT2D eigenvalue weighted by Crippen LogP contribution is 2.19. The van der Waals surface area contributed by atoms with Crippen molar-refractivity contribution < 1.29 is 4.79 Å². The molecule has 222 valence electrons. The van der Waals surface area contributed by atoms with Gasteiger partial charge in [-0.3, -0.25) is 37.7 Å². The first-order chi connectivity index (χ1) is 20.1. The van der Waals surface area contributed by atoms with Crippen LogP contribution in [0.25, 0.3) is 9.66 Å². The van der Waals surface area contributed by atoms with Crippen molar-refractivity contribution in [3.63, 3.8) is 0 Å². The highest BCUT2D eigenvalue weighted by molar-refractivity contribution is 9.10. The summed E-state index contributed by atoms with van der Waals surface area (Å²) in [5.41, 5.74) is 1.28. The Morgan fingerprint density at radius 1 is 0.953 bits per heavy atom. The van der Waals surface area contributed by atoms with Gasteiger partial charge in [-0.1, -0.05) is 28.1 Å². The van der Waals surface area contributed by atoms with Gasteiger partial charge >= 0.3 is 11.4 Å². The van der Waals surface area contributed by atoms with Gasteiger partial charge in [-0.2, -0.15) is 0 Å². The molecule has 15 heteroatoms. The molecular formula is C28H24BrClN6O5S2. The van der Waals surface area contributed by atoms with Crippen LogP contribution in [-0.2, 0) is 13.1 Å². The number of hydrogen-bond acceptors (Lipinski definition) is 8. The van der Waals surface area contributed by atoms with Gasteiger partial charge in [-0.05, 0) is 49.2 Å². The van der Waals surface area contributed by atoms with Gasteiger partial charge in [0.15, 0.2) is 0 Å². The number of nitrogens with one attached hydrogen (secondary N) is 2. The van der Waals surface area contributed by atoms with Gasteiger partial charge in [-0.25, -0.2) is 9.59 Å². The molecule has 0 saturated carbocycles. The molecule has 2 N–H and O–H groups in total. The molecule has 0 unspecified atom stereocenters. The smallest absolute Gasteiger partial charge is 0.336 e. The molecule has 11 nitrogen and oxygen atoms in total. The van der Waals surface area contributed by atoms with Crippen molar-refractivity contribution in [1.82, 2.24) is 28.7 Å². The third kappa shape index (κ3) is 6.77. The Kier molecular flexibility index (Phi) is 9.96. The SMILES string of the molecule is Cc1c(=O)[nH]c(=O)n2ccsc12.Cc1c(=O)n(Cc2ccc(Br)cc2)c(=O)n2cc(C(=O)NCc3ccncc3)sc12.Cl. The summed E-state index contributed by atoms with van der Waals surface area (Å²) in [6.07, 6.45) is 6.45. The number of aryl methyl sites for hydroxylation is 2. The molecule has 6 aromatic rings. The van der Waals surface area contributed by atoms with Crippen molar-refractivity contribution in [2.45, 2.75) is 26.9 Å². The summed E-state index contributed by atoms with van der Waals surface area (Å²) in [4.78, 5) is 68.3. The maximum Gasteiger partial charge on any atom is 0.336 e. The topological polar surface area (TPSA) is 140 Å². The van der Waals surface area contributed by atoms with Crippen molar-refractivity contribution in [2.24, 2.45) is 0 Å². The first-order valence-electron chi connectivity index (χ1n) is 12.5. The van der Waals surface area contributed by atoms with Crippen LogP contribution in [0, 0.1) is 13.8 Å². The van der Waals surface area contributed by atoms with E-state index in [0.717, 1.165) is 26.9 Å². The normalized spacial score (nSPS) is 10.7. The maximum atomic E-state index is 13.0. The molecular weight excluding hydrogens is 680 g/mol. The number of fused-ring (bicyclic) bond motifs is 2. The molecule has 43 heavy (non-hydrogen) atoms. The highest BCUT2D eigenvalue weighted by Gasteiger charge is 2.17. The van der Waals surface area contributed by atoms with Gasteiger partial charge in [-0.15, -0.1) is 35.1 Å². The summed E-state index contributed by atoms with van der Waals surface area (Å²) in [5.74, 6) is -0.300. The van der Waals surface area contributed by atoms with Crippen LogP contribution in [-0.4, -0.2) is 29.2 Å². The minimum Gasteiger partial charge on any atom is -0.347 e. The standard InChI is InChI=1S/C21H17BrN4O3S.C7H6N2O2S.ClH/c1-13-19(28)25(11-15-2-4-16(22)5-3-15)21(29)26-12-17(30-20(13)26)18(27)24-10-14-6-8-23-9-7-14;1-4-5(10)8-7(11)9-2-3-12-6(4)9;/h2-9,12H,10-11H2,1H3,(H,24,27);2-3H,1H3,(H,8,10,11);1H. The number of hydrogen-bond donors (Lipinski definition) is 2. The Hall–Kier alpha value is -4.11. The van der Waals surface area contributed by atoms with E-state index in [0.29, 0.717) is 32.2 Å². The Bertz CT molecular complexity index is 2170. The molecule has 0 atom stereocenters. The average molecular weight is 704 g/mol. The number of aromatic amines is 1. The minimum absolute atomic E-state index is 0. The molecule has 5 heterocycles. The van der Waals surface area contributed by atoms with Gasteiger partial charge < -0.3 is 5.32 Å². The predicted molar refractivity (Wildman–Crippen MR) is 173 cm³/mol. The van der Waals surface area contributed by atoms with Crippen molar-refractivity contribution in [1.29, 1.82) is 0 Å². The summed E-state index contributed by atoms with van der Waals surface area (Å²) >= 11 is 5.89. The molecule has 1 aromatic carbocycles. The predicted octanol–water partition coefficient (Wildman–Crippen LogP) is 3.75. The Labute approximate surface area is 265 Å². The molecule has 1 amide bonds. The highest BCUT2D eigenvalue weighted by atomic mass is 79.9. The second-order valence-corrected chi connectivity index (χ2v) is 12.0. The Morgan fingerprint density at radius 2 is 1.65 bits per heavy atom. The fourth-order valence-electron chi connectivity index (χ4n) is 4.11. The van der Waals surface area contributed by atoms with Crippen LogP contribution in [0.3, 0.4) is 0 Å². The number of aromatic nitrogens is 5. The van der Waals surface area contributed by atoms with E-state index >= 15 is 0 Å². The number of benzene rings is 1. The molecule has 0 aliphatic carbocycles. The molecule has 0 spiro atoms. The summed E-state index contributed by atoms with van der Waals surface area (Å²) in [6, 6.07) is 11.1. The van der Waals surface area contributed by atoms with Crippen LogP contribution in [0.1, 0.15) is 31.9 Å². The van der Waals surface area contributed by atoms with Crippen LogP contribution >= 0.6 is 51.0 Å². The van der Waals surface area contributed by atoms with E-state index in [1.165, 1.54) is 30.9 Å². The van der Waals surface area contributed by atoms with Crippen molar-refractivity contribution in [3.05, 3.63) is 140 Å². The number of carbonyl (C=O) groups is 1.